The van der Waals surface area contributed by atoms with Crippen LogP contribution in [0.2, 0.25) is 0 Å². The molecule has 96 valence electrons. The van der Waals surface area contributed by atoms with Gasteiger partial charge in [-0.2, -0.15) is 13.2 Å². The summed E-state index contributed by atoms with van der Waals surface area (Å²) in [6.45, 7) is 0. The first-order chi connectivity index (χ1) is 8.36. The molecule has 1 nitrogen and oxygen atoms in total. The van der Waals surface area contributed by atoms with Crippen molar-refractivity contribution in [3.63, 3.8) is 0 Å². The number of rotatable bonds is 1. The molecule has 2 rings (SSSR count). The fraction of sp³-hybridized carbons (Fsp3) is 0.308. The molecule has 0 aliphatic heterocycles. The minimum atomic E-state index is -4.33. The minimum Gasteiger partial charge on any atom is -0.295 e. The van der Waals surface area contributed by atoms with Crippen LogP contribution < -0.4 is 0 Å². The highest BCUT2D eigenvalue weighted by Gasteiger charge is 2.30. The lowest BCUT2D eigenvalue weighted by atomic mass is 9.87. The first kappa shape index (κ1) is 13.1. The number of ketones is 1. The quantitative estimate of drug-likeness (QED) is 0.747. The molecule has 0 fully saturated rings. The van der Waals surface area contributed by atoms with Crippen molar-refractivity contribution in [1.82, 2.24) is 0 Å². The van der Waals surface area contributed by atoms with E-state index >= 15 is 0 Å². The second-order valence-corrected chi connectivity index (χ2v) is 4.77. The van der Waals surface area contributed by atoms with Crippen LogP contribution in [0.5, 0.6) is 0 Å². The van der Waals surface area contributed by atoms with Gasteiger partial charge >= 0.3 is 6.18 Å². The molecule has 1 aromatic carbocycles. The summed E-state index contributed by atoms with van der Waals surface area (Å²) < 4.78 is 37.2. The lowest BCUT2D eigenvalue weighted by Gasteiger charge is -2.20. The molecule has 1 aliphatic rings. The van der Waals surface area contributed by atoms with E-state index in [0.717, 1.165) is 12.1 Å². The number of halogens is 4. The van der Waals surface area contributed by atoms with Crippen LogP contribution in [0.25, 0.3) is 0 Å². The van der Waals surface area contributed by atoms with E-state index in [2.05, 4.69) is 0 Å². The molecule has 0 spiro atoms. The standard InChI is InChI=1S/C13H10ClF3O/c14-11-5-9(6-12(18)7-11)8-1-3-10(4-2-8)13(15,16)17/h1-4,7,9H,5-6H2. The summed E-state index contributed by atoms with van der Waals surface area (Å²) in [5.41, 5.74) is 0.0256. The maximum Gasteiger partial charge on any atom is 0.416 e. The first-order valence-electron chi connectivity index (χ1n) is 5.42. The van der Waals surface area contributed by atoms with Crippen LogP contribution in [-0.4, -0.2) is 5.78 Å². The van der Waals surface area contributed by atoms with Crippen molar-refractivity contribution in [2.45, 2.75) is 24.9 Å². The summed E-state index contributed by atoms with van der Waals surface area (Å²) in [4.78, 5) is 11.3. The van der Waals surface area contributed by atoms with Gasteiger partial charge in [-0.3, -0.25) is 4.79 Å². The maximum absolute atomic E-state index is 12.4. The molecule has 1 aromatic rings. The fourth-order valence-electron chi connectivity index (χ4n) is 2.02. The van der Waals surface area contributed by atoms with Crippen LogP contribution in [-0.2, 0) is 11.0 Å². The lowest BCUT2D eigenvalue weighted by molar-refractivity contribution is -0.137. The summed E-state index contributed by atoms with van der Waals surface area (Å²) in [5, 5.41) is 0.455. The lowest BCUT2D eigenvalue weighted by Crippen LogP contribution is -2.11. The second-order valence-electron chi connectivity index (χ2n) is 4.28. The largest absolute Gasteiger partial charge is 0.416 e. The highest BCUT2D eigenvalue weighted by atomic mass is 35.5. The first-order valence-corrected chi connectivity index (χ1v) is 5.80. The second kappa shape index (κ2) is 4.76. The van der Waals surface area contributed by atoms with E-state index in [1.54, 1.807) is 0 Å². The van der Waals surface area contributed by atoms with Gasteiger partial charge in [0.05, 0.1) is 5.56 Å². The van der Waals surface area contributed by atoms with Gasteiger partial charge in [0, 0.05) is 11.5 Å². The Labute approximate surface area is 107 Å². The molecule has 1 atom stereocenters. The molecule has 18 heavy (non-hydrogen) atoms. The van der Waals surface area contributed by atoms with E-state index < -0.39 is 11.7 Å². The van der Waals surface area contributed by atoms with Crippen LogP contribution in [0.15, 0.2) is 35.4 Å². The molecule has 1 aliphatic carbocycles. The van der Waals surface area contributed by atoms with E-state index in [4.69, 9.17) is 11.6 Å². The van der Waals surface area contributed by atoms with Gasteiger partial charge in [0.25, 0.3) is 0 Å². The van der Waals surface area contributed by atoms with Gasteiger partial charge in [-0.15, -0.1) is 0 Å². The number of allylic oxidation sites excluding steroid dienone is 2. The molecule has 5 heteroatoms. The van der Waals surface area contributed by atoms with Crippen molar-refractivity contribution < 1.29 is 18.0 Å². The smallest absolute Gasteiger partial charge is 0.295 e. The topological polar surface area (TPSA) is 17.1 Å². The monoisotopic (exact) mass is 274 g/mol. The van der Waals surface area contributed by atoms with E-state index in [9.17, 15) is 18.0 Å². The third kappa shape index (κ3) is 2.93. The number of carbonyl (C=O) groups excluding carboxylic acids is 1. The van der Waals surface area contributed by atoms with Crippen molar-refractivity contribution in [1.29, 1.82) is 0 Å². The van der Waals surface area contributed by atoms with Crippen molar-refractivity contribution >= 4 is 17.4 Å². The SMILES string of the molecule is O=C1C=C(Cl)CC(c2ccc(C(F)(F)F)cc2)C1. The molecule has 0 radical (unpaired) electrons. The van der Waals surface area contributed by atoms with Crippen LogP contribution in [0.4, 0.5) is 13.2 Å². The predicted molar refractivity (Wildman–Crippen MR) is 62.4 cm³/mol. The molecular formula is C13H10ClF3O. The van der Waals surface area contributed by atoms with Crippen LogP contribution >= 0.6 is 11.6 Å². The van der Waals surface area contributed by atoms with Crippen LogP contribution in [0, 0.1) is 0 Å². The minimum absolute atomic E-state index is 0.0869. The molecule has 0 N–H and O–H groups in total. The molecule has 0 aromatic heterocycles. The number of hydrogen-bond donors (Lipinski definition) is 0. The zero-order valence-electron chi connectivity index (χ0n) is 9.30. The summed E-state index contributed by atoms with van der Waals surface area (Å²) in [5.74, 6) is -0.214. The highest BCUT2D eigenvalue weighted by Crippen LogP contribution is 2.35. The Balaban J connectivity index is 2.21. The van der Waals surface area contributed by atoms with Gasteiger partial charge in [-0.25, -0.2) is 0 Å². The zero-order valence-corrected chi connectivity index (χ0v) is 10.1. The molecule has 0 saturated heterocycles. The Morgan fingerprint density at radius 1 is 1.11 bits per heavy atom. The Bertz CT molecular complexity index is 488. The van der Waals surface area contributed by atoms with Crippen molar-refractivity contribution in [2.24, 2.45) is 0 Å². The molecule has 0 saturated carbocycles. The molecule has 0 heterocycles. The van der Waals surface area contributed by atoms with E-state index in [0.29, 0.717) is 23.4 Å². The summed E-state index contributed by atoms with van der Waals surface area (Å²) in [6.07, 6.45) is -2.17. The van der Waals surface area contributed by atoms with Crippen molar-refractivity contribution in [3.8, 4) is 0 Å². The predicted octanol–water partition coefficient (Wildman–Crippen LogP) is 4.27. The summed E-state index contributed by atoms with van der Waals surface area (Å²) in [6, 6.07) is 4.89. The number of alkyl halides is 3. The molecule has 0 bridgehead atoms. The third-order valence-electron chi connectivity index (χ3n) is 2.92. The van der Waals surface area contributed by atoms with Gasteiger partial charge < -0.3 is 0 Å². The van der Waals surface area contributed by atoms with E-state index in [-0.39, 0.29) is 11.7 Å². The average molecular weight is 275 g/mol. The summed E-state index contributed by atoms with van der Waals surface area (Å²) >= 11 is 5.82. The van der Waals surface area contributed by atoms with E-state index in [1.165, 1.54) is 18.2 Å². The van der Waals surface area contributed by atoms with Crippen molar-refractivity contribution in [2.75, 3.05) is 0 Å². The number of hydrogen-bond acceptors (Lipinski definition) is 1. The molecular weight excluding hydrogens is 265 g/mol. The Hall–Kier alpha value is -1.29. The highest BCUT2D eigenvalue weighted by molar-refractivity contribution is 6.31. The fourth-order valence-corrected chi connectivity index (χ4v) is 2.33. The van der Waals surface area contributed by atoms with E-state index in [1.807, 2.05) is 0 Å². The third-order valence-corrected chi connectivity index (χ3v) is 3.18. The van der Waals surface area contributed by atoms with Crippen LogP contribution in [0.1, 0.15) is 29.9 Å². The number of carbonyl (C=O) groups is 1. The Kier molecular flexibility index (Phi) is 3.48. The Morgan fingerprint density at radius 2 is 1.72 bits per heavy atom. The van der Waals surface area contributed by atoms with Gasteiger partial charge in [0.15, 0.2) is 5.78 Å². The molecule has 1 unspecified atom stereocenters. The Morgan fingerprint density at radius 3 is 2.22 bits per heavy atom. The van der Waals surface area contributed by atoms with Gasteiger partial charge in [0.1, 0.15) is 0 Å². The maximum atomic E-state index is 12.4. The zero-order chi connectivity index (χ0) is 13.3. The summed E-state index contributed by atoms with van der Waals surface area (Å²) in [7, 11) is 0. The van der Waals surface area contributed by atoms with Crippen molar-refractivity contribution in [3.05, 3.63) is 46.5 Å². The van der Waals surface area contributed by atoms with Gasteiger partial charge in [0.2, 0.25) is 0 Å². The number of benzene rings is 1. The normalized spacial score (nSPS) is 20.8. The molecule has 0 amide bonds. The van der Waals surface area contributed by atoms with Gasteiger partial charge in [-0.1, -0.05) is 23.7 Å². The average Bonchev–Trinajstić information content (AvgIpc) is 2.27. The van der Waals surface area contributed by atoms with Crippen LogP contribution in [0.3, 0.4) is 0 Å². The van der Waals surface area contributed by atoms with Gasteiger partial charge in [-0.05, 0) is 36.1 Å².